The van der Waals surface area contributed by atoms with Crippen LogP contribution in [0.4, 0.5) is 9.59 Å². The molecule has 3 aromatic heterocycles. The fourth-order valence-corrected chi connectivity index (χ4v) is 8.36. The Balaban J connectivity index is 1.03. The van der Waals surface area contributed by atoms with Gasteiger partial charge in [0.2, 0.25) is 6.23 Å². The van der Waals surface area contributed by atoms with Crippen molar-refractivity contribution in [1.29, 1.82) is 0 Å². The van der Waals surface area contributed by atoms with Crippen molar-refractivity contribution in [2.24, 2.45) is 0 Å². The number of nitrogens with one attached hydrogen (secondary N) is 2. The van der Waals surface area contributed by atoms with Gasteiger partial charge < -0.3 is 28.7 Å². The van der Waals surface area contributed by atoms with Crippen LogP contribution in [0.1, 0.15) is 103 Å². The maximum absolute atomic E-state index is 13.0. The minimum Gasteiger partial charge on any atom is -0.465 e. The summed E-state index contributed by atoms with van der Waals surface area (Å²) in [4.78, 5) is 46.1. The maximum Gasteiger partial charge on any atom is 0.410 e. The molecule has 2 amide bonds. The van der Waals surface area contributed by atoms with Crippen LogP contribution in [0.25, 0.3) is 44.7 Å². The lowest BCUT2D eigenvalue weighted by molar-refractivity contribution is 0.0208. The zero-order chi connectivity index (χ0) is 39.6. The molecule has 0 radical (unpaired) electrons. The van der Waals surface area contributed by atoms with Gasteiger partial charge in [0, 0.05) is 40.7 Å². The van der Waals surface area contributed by atoms with E-state index in [4.69, 9.17) is 24.2 Å². The van der Waals surface area contributed by atoms with Crippen LogP contribution in [0.3, 0.4) is 0 Å². The third kappa shape index (κ3) is 7.02. The van der Waals surface area contributed by atoms with Crippen LogP contribution in [0.15, 0.2) is 85.2 Å². The van der Waals surface area contributed by atoms with E-state index in [-0.39, 0.29) is 24.3 Å². The number of aromatic nitrogens is 5. The molecule has 0 spiro atoms. The number of rotatable bonds is 5. The van der Waals surface area contributed by atoms with Crippen molar-refractivity contribution in [3.63, 3.8) is 0 Å². The lowest BCUT2D eigenvalue weighted by atomic mass is 10.0. The molecule has 3 atom stereocenters. The van der Waals surface area contributed by atoms with Crippen LogP contribution in [0, 0.1) is 0 Å². The Kier molecular flexibility index (Phi) is 8.90. The normalized spacial score (nSPS) is 19.4. The average molecular weight is 768 g/mol. The summed E-state index contributed by atoms with van der Waals surface area (Å²) in [5.74, 6) is 2.28. The molecule has 6 heterocycles. The summed E-state index contributed by atoms with van der Waals surface area (Å²) >= 11 is 0. The summed E-state index contributed by atoms with van der Waals surface area (Å²) in [5.41, 5.74) is 6.67. The van der Waals surface area contributed by atoms with E-state index in [1.165, 1.54) is 0 Å². The van der Waals surface area contributed by atoms with Crippen LogP contribution >= 0.6 is 0 Å². The fraction of sp³-hybridized carbons (Fsp3) is 0.378. The zero-order valence-electron chi connectivity index (χ0n) is 33.3. The number of amides is 2. The molecule has 3 aliphatic heterocycles. The Morgan fingerprint density at radius 2 is 1.28 bits per heavy atom. The lowest BCUT2D eigenvalue weighted by Crippen LogP contribution is -2.36. The molecule has 2 saturated heterocycles. The van der Waals surface area contributed by atoms with Crippen molar-refractivity contribution >= 4 is 23.1 Å². The summed E-state index contributed by atoms with van der Waals surface area (Å²) in [5, 5.41) is 1.07. The van der Waals surface area contributed by atoms with Crippen LogP contribution in [0.5, 0.6) is 5.75 Å². The highest BCUT2D eigenvalue weighted by Gasteiger charge is 2.37. The summed E-state index contributed by atoms with van der Waals surface area (Å²) in [6.07, 6.45) is 6.10. The molecule has 12 nitrogen and oxygen atoms in total. The van der Waals surface area contributed by atoms with Gasteiger partial charge in [-0.25, -0.2) is 19.6 Å². The van der Waals surface area contributed by atoms with Gasteiger partial charge in [-0.3, -0.25) is 9.80 Å². The molecule has 0 unspecified atom stereocenters. The summed E-state index contributed by atoms with van der Waals surface area (Å²) in [6.45, 7) is 12.6. The van der Waals surface area contributed by atoms with Gasteiger partial charge >= 0.3 is 12.2 Å². The molecular weight excluding hydrogens is 719 g/mol. The number of H-pyrrole nitrogens is 2. The number of carbonyl (C=O) groups excluding carboxylic acids is 2. The molecular formula is C45H49N7O5. The third-order valence-electron chi connectivity index (χ3n) is 10.9. The van der Waals surface area contributed by atoms with E-state index < -0.39 is 17.4 Å². The monoisotopic (exact) mass is 767 g/mol. The second kappa shape index (κ2) is 13.9. The van der Waals surface area contributed by atoms with E-state index in [2.05, 4.69) is 69.1 Å². The highest BCUT2D eigenvalue weighted by molar-refractivity contribution is 5.92. The van der Waals surface area contributed by atoms with Crippen LogP contribution in [0.2, 0.25) is 0 Å². The maximum atomic E-state index is 13.0. The third-order valence-corrected chi connectivity index (χ3v) is 10.9. The number of fused-ring (bicyclic) bond motifs is 5. The van der Waals surface area contributed by atoms with E-state index in [9.17, 15) is 9.59 Å². The zero-order valence-corrected chi connectivity index (χ0v) is 33.3. The second-order valence-corrected chi connectivity index (χ2v) is 17.3. The largest absolute Gasteiger partial charge is 0.465 e. The number of carbonyl (C=O) groups is 2. The average Bonchev–Trinajstić information content (AvgIpc) is 4.01. The first-order valence-corrected chi connectivity index (χ1v) is 19.9. The number of hydrogen-bond donors (Lipinski definition) is 2. The van der Waals surface area contributed by atoms with E-state index >= 15 is 0 Å². The molecule has 294 valence electrons. The molecule has 2 N–H and O–H groups in total. The van der Waals surface area contributed by atoms with E-state index in [0.29, 0.717) is 13.1 Å². The van der Waals surface area contributed by atoms with Crippen molar-refractivity contribution in [3.05, 3.63) is 102 Å². The van der Waals surface area contributed by atoms with Crippen molar-refractivity contribution in [2.45, 2.75) is 96.7 Å². The van der Waals surface area contributed by atoms with Crippen LogP contribution in [-0.4, -0.2) is 70.8 Å². The predicted octanol–water partition coefficient (Wildman–Crippen LogP) is 10.2. The Bertz CT molecular complexity index is 2470. The summed E-state index contributed by atoms with van der Waals surface area (Å²) < 4.78 is 20.6. The van der Waals surface area contributed by atoms with Gasteiger partial charge in [-0.1, -0.05) is 42.5 Å². The van der Waals surface area contributed by atoms with Gasteiger partial charge in [0.15, 0.2) is 0 Å². The van der Waals surface area contributed by atoms with Crippen molar-refractivity contribution in [1.82, 2.24) is 34.3 Å². The standard InChI is InChI=1S/C45H49N7O5/c1-44(2,3)56-42(53)50-20-10-14-35(50)39-46-25-32(48-39)28-17-19-34-30(22-28)23-37-31-18-16-29(24-38(31)55-41(52(34)37)27-12-8-7-9-13-27)33-26-47-40(49-33)36-15-11-21-51(36)43(54)57-45(4,5)6/h7-9,12-13,16-19,22-26,35-36,41H,10-11,14-15,20-21H2,1-6H3,(H,46,48)(H,47,49)/t35-,36-,41+/m0/s1. The van der Waals surface area contributed by atoms with Gasteiger partial charge in [-0.05, 0) is 97.6 Å². The molecule has 0 saturated carbocycles. The second-order valence-electron chi connectivity index (χ2n) is 17.3. The SMILES string of the molecule is CC(C)(C)OC(=O)N1CCC[C@H]1c1ncc(-c2ccc3c(c2)O[C@H](c2ccccc2)n2c-3cc3cc(-c4cnc([C@@H]5CCCN5C(=O)OC(C)(C)C)[nH]4)ccc32)[nH]1. The Morgan fingerprint density at radius 3 is 1.86 bits per heavy atom. The van der Waals surface area contributed by atoms with Crippen molar-refractivity contribution in [3.8, 4) is 39.5 Å². The number of imidazole rings is 2. The Labute approximate surface area is 332 Å². The van der Waals surface area contributed by atoms with Crippen LogP contribution < -0.4 is 4.74 Å². The number of nitrogens with zero attached hydrogens (tertiary/aromatic N) is 5. The topological polar surface area (TPSA) is 131 Å². The first-order valence-electron chi connectivity index (χ1n) is 19.9. The molecule has 3 aromatic carbocycles. The first kappa shape index (κ1) is 36.6. The lowest BCUT2D eigenvalue weighted by Gasteiger charge is -2.30. The smallest absolute Gasteiger partial charge is 0.410 e. The van der Waals surface area contributed by atoms with Gasteiger partial charge in [-0.2, -0.15) is 0 Å². The van der Waals surface area contributed by atoms with Crippen molar-refractivity contribution < 1.29 is 23.8 Å². The summed E-state index contributed by atoms with van der Waals surface area (Å²) in [7, 11) is 0. The van der Waals surface area contributed by atoms with Crippen molar-refractivity contribution in [2.75, 3.05) is 13.1 Å². The highest BCUT2D eigenvalue weighted by atomic mass is 16.6. The van der Waals surface area contributed by atoms with Gasteiger partial charge in [0.1, 0.15) is 28.6 Å². The summed E-state index contributed by atoms with van der Waals surface area (Å²) in [6, 6.07) is 24.9. The highest BCUT2D eigenvalue weighted by Crippen LogP contribution is 2.46. The van der Waals surface area contributed by atoms with Gasteiger partial charge in [-0.15, -0.1) is 0 Å². The molecule has 3 aliphatic rings. The molecule has 2 fully saturated rings. The molecule has 0 bridgehead atoms. The molecule has 57 heavy (non-hydrogen) atoms. The molecule has 9 rings (SSSR count). The van der Waals surface area contributed by atoms with Gasteiger partial charge in [0.25, 0.3) is 0 Å². The number of aromatic amines is 2. The van der Waals surface area contributed by atoms with E-state index in [1.807, 2.05) is 72.1 Å². The number of ether oxygens (including phenoxy) is 3. The molecule has 0 aliphatic carbocycles. The molecule has 12 heteroatoms. The number of benzene rings is 3. The quantitative estimate of drug-likeness (QED) is 0.179. The predicted molar refractivity (Wildman–Crippen MR) is 218 cm³/mol. The first-order chi connectivity index (χ1) is 27.3. The van der Waals surface area contributed by atoms with E-state index in [0.717, 1.165) is 93.3 Å². The Morgan fingerprint density at radius 1 is 0.719 bits per heavy atom. The van der Waals surface area contributed by atoms with E-state index in [1.54, 1.807) is 9.80 Å². The Hall–Kier alpha value is -6.04. The minimum absolute atomic E-state index is 0.160. The molecule has 6 aromatic rings. The van der Waals surface area contributed by atoms with Crippen LogP contribution in [-0.2, 0) is 9.47 Å². The number of hydrogen-bond acceptors (Lipinski definition) is 7. The fourth-order valence-electron chi connectivity index (χ4n) is 8.36. The van der Waals surface area contributed by atoms with Gasteiger partial charge in [0.05, 0.1) is 47.1 Å². The number of likely N-dealkylation sites (tertiary alicyclic amines) is 2. The minimum atomic E-state index is -0.569.